The van der Waals surface area contributed by atoms with Crippen molar-refractivity contribution >= 4 is 54.6 Å². The minimum atomic E-state index is 0.974. The van der Waals surface area contributed by atoms with Gasteiger partial charge in [-0.2, -0.15) is 0 Å². The third kappa shape index (κ3) is 3.79. The van der Waals surface area contributed by atoms with Crippen molar-refractivity contribution in [3.63, 3.8) is 0 Å². The van der Waals surface area contributed by atoms with Crippen molar-refractivity contribution in [3.8, 4) is 28.3 Å². The number of hydrogen-bond acceptors (Lipinski definition) is 1. The van der Waals surface area contributed by atoms with Crippen molar-refractivity contribution in [2.24, 2.45) is 0 Å². The molecule has 4 heteroatoms. The number of fused-ring (bicyclic) bond motifs is 8. The first kappa shape index (κ1) is 25.9. The van der Waals surface area contributed by atoms with Gasteiger partial charge in [0.25, 0.3) is 0 Å². The van der Waals surface area contributed by atoms with E-state index in [9.17, 15) is 0 Å². The molecule has 0 radical (unpaired) electrons. The van der Waals surface area contributed by atoms with E-state index in [0.29, 0.717) is 0 Å². The first-order valence-electron chi connectivity index (χ1n) is 16.0. The van der Waals surface area contributed by atoms with Crippen LogP contribution in [0, 0.1) is 0 Å². The first-order chi connectivity index (χ1) is 23.3. The normalized spacial score (nSPS) is 11.8. The minimum Gasteiger partial charge on any atom is -0.309 e. The van der Waals surface area contributed by atoms with Gasteiger partial charge in [-0.1, -0.05) is 91.0 Å². The second-order valence-corrected chi connectivity index (χ2v) is 12.1. The summed E-state index contributed by atoms with van der Waals surface area (Å²) in [4.78, 5) is 4.57. The molecule has 0 spiro atoms. The molecule has 0 fully saturated rings. The van der Waals surface area contributed by atoms with Gasteiger partial charge in [-0.3, -0.25) is 4.98 Å². The lowest BCUT2D eigenvalue weighted by atomic mass is 10.1. The Bertz CT molecular complexity index is 2750. The van der Waals surface area contributed by atoms with Crippen LogP contribution in [0.1, 0.15) is 0 Å². The third-order valence-corrected chi connectivity index (χ3v) is 9.47. The van der Waals surface area contributed by atoms with E-state index in [1.165, 1.54) is 54.6 Å². The Balaban J connectivity index is 1.35. The van der Waals surface area contributed by atoms with E-state index in [-0.39, 0.29) is 0 Å². The molecule has 10 rings (SSSR count). The van der Waals surface area contributed by atoms with E-state index in [4.69, 9.17) is 0 Å². The lowest BCUT2D eigenvalue weighted by Gasteiger charge is -2.11. The fraction of sp³-hybridized carbons (Fsp3) is 0. The molecular weight excluding hydrogens is 573 g/mol. The van der Waals surface area contributed by atoms with Gasteiger partial charge in [0.2, 0.25) is 0 Å². The van der Waals surface area contributed by atoms with E-state index in [0.717, 1.165) is 28.3 Å². The van der Waals surface area contributed by atoms with Gasteiger partial charge >= 0.3 is 0 Å². The molecule has 47 heavy (non-hydrogen) atoms. The Kier molecular flexibility index (Phi) is 5.54. The molecule has 0 bridgehead atoms. The molecule has 0 aliphatic carbocycles. The van der Waals surface area contributed by atoms with E-state index < -0.39 is 0 Å². The quantitative estimate of drug-likeness (QED) is 0.197. The highest BCUT2D eigenvalue weighted by Crippen LogP contribution is 2.44. The molecule has 4 nitrogen and oxygen atoms in total. The Morgan fingerprint density at radius 2 is 0.872 bits per heavy atom. The average molecular weight is 601 g/mol. The summed E-state index contributed by atoms with van der Waals surface area (Å²) < 4.78 is 7.30. The summed E-state index contributed by atoms with van der Waals surface area (Å²) in [7, 11) is 0. The number of nitrogens with zero attached hydrogens (tertiary/aromatic N) is 4. The highest BCUT2D eigenvalue weighted by atomic mass is 15.1. The molecular formula is C43H28N4. The molecule has 0 saturated heterocycles. The highest BCUT2D eigenvalue weighted by Gasteiger charge is 2.24. The third-order valence-electron chi connectivity index (χ3n) is 9.47. The number of para-hydroxylation sites is 4. The van der Waals surface area contributed by atoms with Crippen molar-refractivity contribution in [1.29, 1.82) is 0 Å². The molecule has 220 valence electrons. The SMILES string of the molecule is c1ccc(-n2c3ccccc3c3c2c2cc4c5ccccc5n(-c5ccc(-c6ccccn6)cc5)c4cc2n3-c2ccccc2)cc1. The van der Waals surface area contributed by atoms with Crippen LogP contribution < -0.4 is 0 Å². The molecule has 0 amide bonds. The second kappa shape index (κ2) is 10.1. The number of hydrogen-bond donors (Lipinski definition) is 0. The number of rotatable bonds is 4. The van der Waals surface area contributed by atoms with Crippen LogP contribution in [-0.4, -0.2) is 18.7 Å². The van der Waals surface area contributed by atoms with E-state index in [1.807, 2.05) is 18.3 Å². The van der Waals surface area contributed by atoms with Gasteiger partial charge in [0.1, 0.15) is 0 Å². The molecule has 0 atom stereocenters. The van der Waals surface area contributed by atoms with Crippen molar-refractivity contribution in [2.45, 2.75) is 0 Å². The molecule has 0 aliphatic heterocycles. The Labute approximate surface area is 271 Å². The minimum absolute atomic E-state index is 0.974. The summed E-state index contributed by atoms with van der Waals surface area (Å²) in [6.45, 7) is 0. The maximum atomic E-state index is 4.57. The van der Waals surface area contributed by atoms with Gasteiger partial charge in [-0.25, -0.2) is 0 Å². The Morgan fingerprint density at radius 1 is 0.340 bits per heavy atom. The zero-order chi connectivity index (χ0) is 30.9. The molecule has 0 aliphatic rings. The molecule has 0 unspecified atom stereocenters. The summed E-state index contributed by atoms with van der Waals surface area (Å²) in [5.41, 5.74) is 12.7. The monoisotopic (exact) mass is 600 g/mol. The van der Waals surface area contributed by atoms with Gasteiger partial charge in [0.05, 0.1) is 38.8 Å². The van der Waals surface area contributed by atoms with Crippen molar-refractivity contribution in [1.82, 2.24) is 18.7 Å². The lowest BCUT2D eigenvalue weighted by molar-refractivity contribution is 1.16. The zero-order valence-electron chi connectivity index (χ0n) is 25.5. The predicted molar refractivity (Wildman–Crippen MR) is 195 cm³/mol. The summed E-state index contributed by atoms with van der Waals surface area (Å²) >= 11 is 0. The molecule has 10 aromatic rings. The van der Waals surface area contributed by atoms with E-state index >= 15 is 0 Å². The van der Waals surface area contributed by atoms with Crippen molar-refractivity contribution in [2.75, 3.05) is 0 Å². The van der Waals surface area contributed by atoms with Gasteiger partial charge in [-0.05, 0) is 72.8 Å². The maximum absolute atomic E-state index is 4.57. The summed E-state index contributed by atoms with van der Waals surface area (Å²) in [5.74, 6) is 0. The topological polar surface area (TPSA) is 27.7 Å². The number of benzene rings is 6. The van der Waals surface area contributed by atoms with Crippen LogP contribution in [-0.2, 0) is 0 Å². The summed E-state index contributed by atoms with van der Waals surface area (Å²) in [6, 6.07) is 58.7. The number of aromatic nitrogens is 4. The Hall–Kier alpha value is -6.39. The predicted octanol–water partition coefficient (Wildman–Crippen LogP) is 10.9. The van der Waals surface area contributed by atoms with Crippen LogP contribution in [0.25, 0.3) is 83.0 Å². The van der Waals surface area contributed by atoms with Crippen LogP contribution >= 0.6 is 0 Å². The molecule has 0 N–H and O–H groups in total. The maximum Gasteiger partial charge on any atom is 0.0804 e. The highest BCUT2D eigenvalue weighted by molar-refractivity contribution is 6.24. The fourth-order valence-corrected chi connectivity index (χ4v) is 7.48. The van der Waals surface area contributed by atoms with E-state index in [1.54, 1.807) is 0 Å². The van der Waals surface area contributed by atoms with Crippen LogP contribution in [0.5, 0.6) is 0 Å². The van der Waals surface area contributed by atoms with Crippen LogP contribution in [0.4, 0.5) is 0 Å². The standard InChI is InChI=1S/C43H28N4/c1-3-13-30(14-4-1)46-39-21-10-8-18-34(39)42-43(46)36-27-35-33-17-7-9-20-38(33)45(32-24-22-29(23-25-32)37-19-11-12-26-44-37)40(35)28-41(36)47(42)31-15-5-2-6-16-31/h1-28H. The van der Waals surface area contributed by atoms with E-state index in [2.05, 4.69) is 170 Å². The van der Waals surface area contributed by atoms with Crippen LogP contribution in [0.2, 0.25) is 0 Å². The summed E-state index contributed by atoms with van der Waals surface area (Å²) in [5, 5.41) is 4.93. The summed E-state index contributed by atoms with van der Waals surface area (Å²) in [6.07, 6.45) is 1.85. The van der Waals surface area contributed by atoms with Gasteiger partial charge in [-0.15, -0.1) is 0 Å². The lowest BCUT2D eigenvalue weighted by Crippen LogP contribution is -1.96. The Morgan fingerprint density at radius 3 is 1.55 bits per heavy atom. The number of pyridine rings is 1. The first-order valence-corrected chi connectivity index (χ1v) is 16.0. The van der Waals surface area contributed by atoms with Crippen molar-refractivity contribution < 1.29 is 0 Å². The molecule has 0 saturated carbocycles. The van der Waals surface area contributed by atoms with Crippen LogP contribution in [0.15, 0.2) is 170 Å². The molecule has 4 heterocycles. The zero-order valence-corrected chi connectivity index (χ0v) is 25.5. The van der Waals surface area contributed by atoms with Crippen molar-refractivity contribution in [3.05, 3.63) is 170 Å². The smallest absolute Gasteiger partial charge is 0.0804 e. The van der Waals surface area contributed by atoms with Gasteiger partial charge in [0, 0.05) is 50.4 Å². The van der Waals surface area contributed by atoms with Gasteiger partial charge < -0.3 is 13.7 Å². The average Bonchev–Trinajstić information content (AvgIpc) is 3.77. The van der Waals surface area contributed by atoms with Gasteiger partial charge in [0.15, 0.2) is 0 Å². The fourth-order valence-electron chi connectivity index (χ4n) is 7.48. The largest absolute Gasteiger partial charge is 0.309 e. The molecule has 6 aromatic carbocycles. The molecule has 4 aromatic heterocycles. The van der Waals surface area contributed by atoms with Crippen LogP contribution in [0.3, 0.4) is 0 Å². The second-order valence-electron chi connectivity index (χ2n) is 12.1.